The number of rotatable bonds is 42. The zero-order valence-electron chi connectivity index (χ0n) is 41.5. The Hall–Kier alpha value is -1.27. The van der Waals surface area contributed by atoms with Gasteiger partial charge in [-0.1, -0.05) is 206 Å². The first kappa shape index (κ1) is 60.9. The van der Waals surface area contributed by atoms with Crippen LogP contribution in [0.4, 0.5) is 0 Å². The molecule has 0 bridgehead atoms. The lowest BCUT2D eigenvalue weighted by atomic mass is 9.97. The predicted octanol–water partition coefficient (Wildman–Crippen LogP) is 7.55. The molecule has 0 aromatic carbocycles. The van der Waals surface area contributed by atoms with E-state index >= 15 is 0 Å². The van der Waals surface area contributed by atoms with E-state index in [1.54, 1.807) is 6.08 Å². The number of amides is 1. The van der Waals surface area contributed by atoms with Crippen LogP contribution in [0.3, 0.4) is 0 Å². The number of nitrogens with one attached hydrogen (secondary N) is 1. The van der Waals surface area contributed by atoms with Crippen LogP contribution in [-0.4, -0.2) is 140 Å². The average Bonchev–Trinajstić information content (AvgIpc) is 3.31. The monoisotopic (exact) mass is 946 g/mol. The fourth-order valence-corrected chi connectivity index (χ4v) is 9.06. The summed E-state index contributed by atoms with van der Waals surface area (Å²) in [5, 5.41) is 86.8. The highest BCUT2D eigenvalue weighted by Crippen LogP contribution is 2.30. The van der Waals surface area contributed by atoms with Crippen molar-refractivity contribution in [3.8, 4) is 0 Å². The first-order chi connectivity index (χ1) is 32.1. The van der Waals surface area contributed by atoms with Crippen molar-refractivity contribution >= 4 is 5.91 Å². The normalized spacial score (nSPS) is 26.8. The second-order valence-corrected chi connectivity index (χ2v) is 19.4. The molecular formula is C52H99NO13. The van der Waals surface area contributed by atoms with Crippen molar-refractivity contribution in [2.75, 3.05) is 19.8 Å². The summed E-state index contributed by atoms with van der Waals surface area (Å²) in [4.78, 5) is 13.2. The topological polar surface area (TPSA) is 228 Å². The van der Waals surface area contributed by atoms with Gasteiger partial charge in [0.1, 0.15) is 48.8 Å². The third-order valence-electron chi connectivity index (χ3n) is 13.5. The summed E-state index contributed by atoms with van der Waals surface area (Å²) in [6, 6.07) is -0.907. The standard InChI is InChI=1S/C52H99NO13/c1-3-5-7-9-11-13-15-17-18-19-20-21-22-24-26-28-30-32-34-36-44(57)53-40(41(56)35-33-31-29-27-25-23-16-14-12-10-8-6-4-2)39-63-51-49(62)47(60)50(43(38-55)65-51)66-52-48(61)46(59)45(58)42(37-54)64-52/h33,35,40-43,45-52,54-56,58-62H,3-32,34,36-39H2,1-2H3,(H,53,57)/b35-33+/t40-,41+,42+,43+,45-,46-,47+,48+,49+,50+,51+,52-/m0/s1. The molecule has 0 spiro atoms. The molecule has 1 amide bonds. The third-order valence-corrected chi connectivity index (χ3v) is 13.5. The fourth-order valence-electron chi connectivity index (χ4n) is 9.06. The van der Waals surface area contributed by atoms with E-state index in [0.29, 0.717) is 6.42 Å². The minimum Gasteiger partial charge on any atom is -0.394 e. The van der Waals surface area contributed by atoms with Gasteiger partial charge in [-0.15, -0.1) is 0 Å². The van der Waals surface area contributed by atoms with E-state index in [9.17, 15) is 45.6 Å². The second-order valence-electron chi connectivity index (χ2n) is 19.4. The van der Waals surface area contributed by atoms with Crippen LogP contribution in [0.25, 0.3) is 0 Å². The van der Waals surface area contributed by atoms with Crippen molar-refractivity contribution in [3.63, 3.8) is 0 Å². The lowest BCUT2D eigenvalue weighted by Crippen LogP contribution is -2.65. The molecule has 0 aliphatic carbocycles. The molecule has 2 aliphatic rings. The largest absolute Gasteiger partial charge is 0.394 e. The molecule has 0 aromatic heterocycles. The maximum Gasteiger partial charge on any atom is 0.220 e. The Labute approximate surface area is 399 Å². The van der Waals surface area contributed by atoms with Crippen molar-refractivity contribution in [2.24, 2.45) is 0 Å². The van der Waals surface area contributed by atoms with Gasteiger partial charge in [0, 0.05) is 6.42 Å². The highest BCUT2D eigenvalue weighted by atomic mass is 16.7. The van der Waals surface area contributed by atoms with Gasteiger partial charge in [-0.25, -0.2) is 0 Å². The molecule has 0 aromatic rings. The molecule has 2 saturated heterocycles. The van der Waals surface area contributed by atoms with Gasteiger partial charge >= 0.3 is 0 Å². The van der Waals surface area contributed by atoms with E-state index in [2.05, 4.69) is 19.2 Å². The van der Waals surface area contributed by atoms with Gasteiger partial charge < -0.3 is 65.1 Å². The van der Waals surface area contributed by atoms with Gasteiger partial charge in [-0.2, -0.15) is 0 Å². The number of hydrogen-bond acceptors (Lipinski definition) is 13. The highest BCUT2D eigenvalue weighted by Gasteiger charge is 2.51. The molecule has 0 unspecified atom stereocenters. The molecule has 2 fully saturated rings. The molecule has 12 atom stereocenters. The van der Waals surface area contributed by atoms with Gasteiger partial charge in [-0.05, 0) is 19.3 Å². The van der Waals surface area contributed by atoms with Gasteiger partial charge in [0.15, 0.2) is 12.6 Å². The third kappa shape index (κ3) is 26.1. The quantitative estimate of drug-likeness (QED) is 0.0213. The van der Waals surface area contributed by atoms with Gasteiger partial charge in [0.05, 0.1) is 32.0 Å². The molecule has 2 heterocycles. The molecule has 14 nitrogen and oxygen atoms in total. The van der Waals surface area contributed by atoms with Crippen molar-refractivity contribution < 1.29 is 64.6 Å². The first-order valence-corrected chi connectivity index (χ1v) is 26.9. The van der Waals surface area contributed by atoms with Crippen molar-refractivity contribution in [1.29, 1.82) is 0 Å². The number of unbranched alkanes of at least 4 members (excludes halogenated alkanes) is 29. The summed E-state index contributed by atoms with van der Waals surface area (Å²) in [7, 11) is 0. The van der Waals surface area contributed by atoms with Crippen LogP contribution >= 0.6 is 0 Å². The summed E-state index contributed by atoms with van der Waals surface area (Å²) >= 11 is 0. The number of carbonyl (C=O) groups excluding carboxylic acids is 1. The number of aliphatic hydroxyl groups is 8. The lowest BCUT2D eigenvalue weighted by Gasteiger charge is -2.46. The molecule has 0 saturated carbocycles. The Kier molecular flexibility index (Phi) is 36.4. The number of ether oxygens (including phenoxy) is 4. The molecule has 0 radical (unpaired) electrons. The SMILES string of the molecule is CCCCCCCCCCCCC/C=C/[C@@H](O)[C@H](CO[C@@H]1O[C@H](CO)[C@@H](O[C@@H]2O[C@H](CO)[C@H](O)[C@H](O)[C@H]2O)[C@H](O)[C@H]1O)NC(=O)CCCCCCCCCCCCCCCCCCCCC. The van der Waals surface area contributed by atoms with Crippen molar-refractivity contribution in [2.45, 2.75) is 293 Å². The minimum absolute atomic E-state index is 0.236. The maximum atomic E-state index is 13.2. The lowest BCUT2D eigenvalue weighted by molar-refractivity contribution is -0.359. The molecule has 2 aliphatic heterocycles. The Morgan fingerprint density at radius 2 is 0.939 bits per heavy atom. The minimum atomic E-state index is -1.78. The zero-order valence-corrected chi connectivity index (χ0v) is 41.5. The van der Waals surface area contributed by atoms with E-state index in [1.165, 1.54) is 154 Å². The summed E-state index contributed by atoms with van der Waals surface area (Å²) in [6.07, 6.45) is 25.3. The second kappa shape index (κ2) is 39.5. The Balaban J connectivity index is 1.80. The molecule has 2 rings (SSSR count). The molecule has 66 heavy (non-hydrogen) atoms. The highest BCUT2D eigenvalue weighted by molar-refractivity contribution is 5.76. The molecule has 390 valence electrons. The van der Waals surface area contributed by atoms with E-state index in [0.717, 1.165) is 38.5 Å². The van der Waals surface area contributed by atoms with E-state index in [-0.39, 0.29) is 18.9 Å². The summed E-state index contributed by atoms with van der Waals surface area (Å²) in [6.45, 7) is 2.80. The summed E-state index contributed by atoms with van der Waals surface area (Å²) < 4.78 is 22.7. The van der Waals surface area contributed by atoms with Gasteiger partial charge in [0.2, 0.25) is 5.91 Å². The number of carbonyl (C=O) groups is 1. The fraction of sp³-hybridized carbons (Fsp3) is 0.942. The maximum absolute atomic E-state index is 13.2. The Morgan fingerprint density at radius 1 is 0.530 bits per heavy atom. The molecule has 14 heteroatoms. The van der Waals surface area contributed by atoms with Crippen LogP contribution in [-0.2, 0) is 23.7 Å². The van der Waals surface area contributed by atoms with E-state index in [4.69, 9.17) is 18.9 Å². The Bertz CT molecular complexity index is 1160. The number of aliphatic hydroxyl groups excluding tert-OH is 8. The summed E-state index contributed by atoms with van der Waals surface area (Å²) in [5.74, 6) is -0.236. The zero-order chi connectivity index (χ0) is 48.2. The summed E-state index contributed by atoms with van der Waals surface area (Å²) in [5.41, 5.74) is 0. The van der Waals surface area contributed by atoms with Crippen molar-refractivity contribution in [1.82, 2.24) is 5.32 Å². The van der Waals surface area contributed by atoms with Gasteiger partial charge in [0.25, 0.3) is 0 Å². The van der Waals surface area contributed by atoms with Crippen LogP contribution in [0.1, 0.15) is 219 Å². The smallest absolute Gasteiger partial charge is 0.220 e. The average molecular weight is 946 g/mol. The number of allylic oxidation sites excluding steroid dienone is 1. The van der Waals surface area contributed by atoms with Crippen molar-refractivity contribution in [3.05, 3.63) is 12.2 Å². The number of hydrogen-bond donors (Lipinski definition) is 9. The van der Waals surface area contributed by atoms with Crippen LogP contribution in [0, 0.1) is 0 Å². The van der Waals surface area contributed by atoms with Gasteiger partial charge in [-0.3, -0.25) is 4.79 Å². The molecular weight excluding hydrogens is 847 g/mol. The van der Waals surface area contributed by atoms with Crippen LogP contribution in [0.5, 0.6) is 0 Å². The van der Waals surface area contributed by atoms with Crippen LogP contribution in [0.2, 0.25) is 0 Å². The van der Waals surface area contributed by atoms with E-state index in [1.807, 2.05) is 6.08 Å². The Morgan fingerprint density at radius 3 is 1.39 bits per heavy atom. The van der Waals surface area contributed by atoms with E-state index < -0.39 is 86.8 Å². The first-order valence-electron chi connectivity index (χ1n) is 26.9. The van der Waals surface area contributed by atoms with Crippen LogP contribution < -0.4 is 5.32 Å². The molecule has 9 N–H and O–H groups in total. The predicted molar refractivity (Wildman–Crippen MR) is 259 cm³/mol. The van der Waals surface area contributed by atoms with Crippen LogP contribution in [0.15, 0.2) is 12.2 Å².